The summed E-state index contributed by atoms with van der Waals surface area (Å²) < 4.78 is 0. The van der Waals surface area contributed by atoms with E-state index in [2.05, 4.69) is 10.9 Å². The van der Waals surface area contributed by atoms with Crippen LogP contribution in [0, 0.1) is 0 Å². The summed E-state index contributed by atoms with van der Waals surface area (Å²) in [5.74, 6) is -0.173. The highest BCUT2D eigenvalue weighted by Crippen LogP contribution is 2.39. The van der Waals surface area contributed by atoms with Crippen molar-refractivity contribution in [2.24, 2.45) is 5.73 Å². The molecule has 0 aromatic heterocycles. The molecule has 0 heterocycles. The van der Waals surface area contributed by atoms with Crippen molar-refractivity contribution >= 4 is 29.0 Å². The van der Waals surface area contributed by atoms with Crippen LogP contribution in [0.25, 0.3) is 0 Å². The molecule has 0 atom stereocenters. The SMILES string of the molecule is NC(=O)CC(=S)NNC(=O)c1ccc(C2CC2)cc1. The van der Waals surface area contributed by atoms with Crippen molar-refractivity contribution < 1.29 is 9.59 Å². The largest absolute Gasteiger partial charge is 0.369 e. The van der Waals surface area contributed by atoms with Crippen LogP contribution in [-0.2, 0) is 4.79 Å². The number of nitrogens with two attached hydrogens (primary N) is 1. The molecule has 0 aliphatic heterocycles. The molecular formula is C13H15N3O2S. The Labute approximate surface area is 116 Å². The number of nitrogens with one attached hydrogen (secondary N) is 2. The van der Waals surface area contributed by atoms with Crippen molar-refractivity contribution in [1.82, 2.24) is 10.9 Å². The Morgan fingerprint density at radius 2 is 1.84 bits per heavy atom. The lowest BCUT2D eigenvalue weighted by Gasteiger charge is -2.08. The number of benzene rings is 1. The number of hydrogen-bond donors (Lipinski definition) is 3. The number of carbonyl (C=O) groups excluding carboxylic acids is 2. The summed E-state index contributed by atoms with van der Waals surface area (Å²) in [6.45, 7) is 0. The third kappa shape index (κ3) is 4.03. The van der Waals surface area contributed by atoms with Crippen molar-refractivity contribution in [3.63, 3.8) is 0 Å². The summed E-state index contributed by atoms with van der Waals surface area (Å²) in [7, 11) is 0. The highest BCUT2D eigenvalue weighted by Gasteiger charge is 2.23. The zero-order valence-corrected chi connectivity index (χ0v) is 11.1. The number of hydrogen-bond acceptors (Lipinski definition) is 3. The molecular weight excluding hydrogens is 262 g/mol. The summed E-state index contributed by atoms with van der Waals surface area (Å²) in [6, 6.07) is 7.49. The van der Waals surface area contributed by atoms with E-state index in [1.54, 1.807) is 12.1 Å². The van der Waals surface area contributed by atoms with Crippen LogP contribution in [0.3, 0.4) is 0 Å². The van der Waals surface area contributed by atoms with Gasteiger partial charge in [0, 0.05) is 5.56 Å². The van der Waals surface area contributed by atoms with E-state index in [4.69, 9.17) is 18.0 Å². The summed E-state index contributed by atoms with van der Waals surface area (Å²) in [4.78, 5) is 22.6. The van der Waals surface area contributed by atoms with Gasteiger partial charge in [0.1, 0.15) is 4.99 Å². The van der Waals surface area contributed by atoms with E-state index in [9.17, 15) is 9.59 Å². The van der Waals surface area contributed by atoms with Crippen molar-refractivity contribution in [2.75, 3.05) is 0 Å². The number of amides is 2. The second kappa shape index (κ2) is 5.79. The van der Waals surface area contributed by atoms with Gasteiger partial charge in [-0.1, -0.05) is 24.4 Å². The average Bonchev–Trinajstić information content (AvgIpc) is 3.19. The number of primary amides is 1. The lowest BCUT2D eigenvalue weighted by molar-refractivity contribution is -0.116. The van der Waals surface area contributed by atoms with Gasteiger partial charge in [0.25, 0.3) is 5.91 Å². The summed E-state index contributed by atoms with van der Waals surface area (Å²) in [5.41, 5.74) is 11.7. The zero-order chi connectivity index (χ0) is 13.8. The lowest BCUT2D eigenvalue weighted by atomic mass is 10.1. The minimum absolute atomic E-state index is 0.0871. The van der Waals surface area contributed by atoms with Crippen molar-refractivity contribution in [3.05, 3.63) is 35.4 Å². The quantitative estimate of drug-likeness (QED) is 0.566. The summed E-state index contributed by atoms with van der Waals surface area (Å²) >= 11 is 4.84. The predicted molar refractivity (Wildman–Crippen MR) is 75.4 cm³/mol. The maximum Gasteiger partial charge on any atom is 0.269 e. The first kappa shape index (κ1) is 13.5. The van der Waals surface area contributed by atoms with E-state index in [1.165, 1.54) is 18.4 Å². The maximum absolute atomic E-state index is 11.8. The number of rotatable bonds is 4. The topological polar surface area (TPSA) is 84.2 Å². The molecule has 1 aliphatic rings. The van der Waals surface area contributed by atoms with Crippen molar-refractivity contribution in [1.29, 1.82) is 0 Å². The molecule has 0 bridgehead atoms. The molecule has 2 rings (SSSR count). The van der Waals surface area contributed by atoms with E-state index in [1.807, 2.05) is 12.1 Å². The van der Waals surface area contributed by atoms with E-state index in [-0.39, 0.29) is 17.3 Å². The van der Waals surface area contributed by atoms with Crippen molar-refractivity contribution in [3.8, 4) is 0 Å². The van der Waals surface area contributed by atoms with Crippen LogP contribution in [0.5, 0.6) is 0 Å². The van der Waals surface area contributed by atoms with Crippen LogP contribution in [0.4, 0.5) is 0 Å². The van der Waals surface area contributed by atoms with E-state index in [0.717, 1.165) is 0 Å². The normalized spacial score (nSPS) is 13.7. The lowest BCUT2D eigenvalue weighted by Crippen LogP contribution is -2.42. The second-order valence-electron chi connectivity index (χ2n) is 4.54. The standard InChI is InChI=1S/C13H15N3O2S/c14-11(17)7-12(19)15-16-13(18)10-5-3-9(4-6-10)8-1-2-8/h3-6,8H,1-2,7H2,(H2,14,17)(H,15,19)(H,16,18). The fourth-order valence-corrected chi connectivity index (χ4v) is 1.92. The van der Waals surface area contributed by atoms with Gasteiger partial charge in [-0.15, -0.1) is 0 Å². The first-order valence-electron chi connectivity index (χ1n) is 6.03. The van der Waals surface area contributed by atoms with E-state index < -0.39 is 5.91 Å². The van der Waals surface area contributed by atoms with Gasteiger partial charge in [-0.25, -0.2) is 0 Å². The van der Waals surface area contributed by atoms with Gasteiger partial charge in [0.05, 0.1) is 6.42 Å². The van der Waals surface area contributed by atoms with Gasteiger partial charge in [-0.2, -0.15) is 0 Å². The molecule has 1 aliphatic carbocycles. The Hall–Kier alpha value is -1.95. The number of carbonyl (C=O) groups is 2. The van der Waals surface area contributed by atoms with E-state index in [0.29, 0.717) is 11.5 Å². The summed E-state index contributed by atoms with van der Waals surface area (Å²) in [5, 5.41) is 0. The molecule has 100 valence electrons. The fraction of sp³-hybridized carbons (Fsp3) is 0.308. The molecule has 1 aromatic rings. The van der Waals surface area contributed by atoms with Crippen LogP contribution in [0.2, 0.25) is 0 Å². The predicted octanol–water partition coefficient (Wildman–Crippen LogP) is 1.00. The van der Waals surface area contributed by atoms with Gasteiger partial charge < -0.3 is 5.73 Å². The molecule has 19 heavy (non-hydrogen) atoms. The van der Waals surface area contributed by atoms with Crippen molar-refractivity contribution in [2.45, 2.75) is 25.2 Å². The molecule has 2 amide bonds. The van der Waals surface area contributed by atoms with Crippen LogP contribution < -0.4 is 16.6 Å². The maximum atomic E-state index is 11.8. The highest BCUT2D eigenvalue weighted by molar-refractivity contribution is 7.80. The minimum Gasteiger partial charge on any atom is -0.369 e. The monoisotopic (exact) mass is 277 g/mol. The van der Waals surface area contributed by atoms with Crippen LogP contribution in [-0.4, -0.2) is 16.8 Å². The smallest absolute Gasteiger partial charge is 0.269 e. The first-order chi connectivity index (χ1) is 9.06. The Morgan fingerprint density at radius 1 is 1.21 bits per heavy atom. The third-order valence-electron chi connectivity index (χ3n) is 2.87. The molecule has 4 N–H and O–H groups in total. The Bertz CT molecular complexity index is 509. The van der Waals surface area contributed by atoms with E-state index >= 15 is 0 Å². The second-order valence-corrected chi connectivity index (χ2v) is 5.03. The van der Waals surface area contributed by atoms with Gasteiger partial charge in [0.2, 0.25) is 5.91 Å². The Kier molecular flexibility index (Phi) is 4.11. The molecule has 1 fully saturated rings. The van der Waals surface area contributed by atoms with Gasteiger partial charge in [0.15, 0.2) is 0 Å². The molecule has 0 unspecified atom stereocenters. The van der Waals surface area contributed by atoms with Crippen LogP contribution in [0.1, 0.15) is 41.1 Å². The third-order valence-corrected chi connectivity index (χ3v) is 3.12. The van der Waals surface area contributed by atoms with Gasteiger partial charge in [-0.05, 0) is 36.5 Å². The first-order valence-corrected chi connectivity index (χ1v) is 6.44. The zero-order valence-electron chi connectivity index (χ0n) is 10.3. The molecule has 0 saturated heterocycles. The fourth-order valence-electron chi connectivity index (χ4n) is 1.72. The average molecular weight is 277 g/mol. The molecule has 1 saturated carbocycles. The molecule has 0 radical (unpaired) electrons. The molecule has 5 nitrogen and oxygen atoms in total. The number of thiocarbonyl (C=S) groups is 1. The molecule has 1 aromatic carbocycles. The van der Waals surface area contributed by atoms with Gasteiger partial charge in [-0.3, -0.25) is 20.4 Å². The minimum atomic E-state index is -0.541. The van der Waals surface area contributed by atoms with Gasteiger partial charge >= 0.3 is 0 Å². The molecule has 0 spiro atoms. The Morgan fingerprint density at radius 3 is 2.37 bits per heavy atom. The Balaban J connectivity index is 1.85. The molecule has 6 heteroatoms. The number of hydrazine groups is 1. The van der Waals surface area contributed by atoms with Crippen LogP contribution >= 0.6 is 12.2 Å². The highest BCUT2D eigenvalue weighted by atomic mass is 32.1. The summed E-state index contributed by atoms with van der Waals surface area (Å²) in [6.07, 6.45) is 2.37. The van der Waals surface area contributed by atoms with Crippen LogP contribution in [0.15, 0.2) is 24.3 Å².